The maximum Gasteiger partial charge on any atom is 0.433 e. The maximum absolute atomic E-state index is 13.1. The van der Waals surface area contributed by atoms with Crippen LogP contribution in [-0.2, 0) is 24.4 Å². The number of nitrogens with one attached hydrogen (secondary N) is 3. The lowest BCUT2D eigenvalue weighted by Crippen LogP contribution is -2.31. The Bertz CT molecular complexity index is 955. The highest BCUT2D eigenvalue weighted by Crippen LogP contribution is 2.40. The van der Waals surface area contributed by atoms with E-state index >= 15 is 0 Å². The number of carbonyl (C=O) groups excluding carboxylic acids is 1. The van der Waals surface area contributed by atoms with Crippen molar-refractivity contribution in [2.24, 2.45) is 13.0 Å². The SMILES string of the molecule is C[C@@H](CCC1CCC(c2cc(NC(=O)Cc3cnn(C)c3C(F)(F)F)n[nH]2)C1)NC(=O)O. The zero-order valence-electron chi connectivity index (χ0n) is 17.9. The van der Waals surface area contributed by atoms with Gasteiger partial charge in [-0.1, -0.05) is 0 Å². The molecule has 12 heteroatoms. The van der Waals surface area contributed by atoms with Crippen molar-refractivity contribution in [3.05, 3.63) is 29.2 Å². The number of rotatable bonds is 8. The molecular formula is C20H27F3N6O3. The van der Waals surface area contributed by atoms with E-state index in [-0.39, 0.29) is 23.3 Å². The number of hydrogen-bond acceptors (Lipinski definition) is 4. The number of H-pyrrole nitrogens is 1. The lowest BCUT2D eigenvalue weighted by Gasteiger charge is -2.14. The van der Waals surface area contributed by atoms with Gasteiger partial charge in [0.25, 0.3) is 0 Å². The normalized spacial score (nSPS) is 19.7. The van der Waals surface area contributed by atoms with Crippen molar-refractivity contribution in [2.75, 3.05) is 5.32 Å². The summed E-state index contributed by atoms with van der Waals surface area (Å²) in [6.45, 7) is 1.84. The smallest absolute Gasteiger partial charge is 0.433 e. The van der Waals surface area contributed by atoms with Crippen LogP contribution in [0.4, 0.5) is 23.8 Å². The number of aryl methyl sites for hydroxylation is 1. The first-order valence-electron chi connectivity index (χ1n) is 10.5. The van der Waals surface area contributed by atoms with Crippen LogP contribution in [0.25, 0.3) is 0 Å². The van der Waals surface area contributed by atoms with E-state index in [2.05, 4.69) is 25.9 Å². The van der Waals surface area contributed by atoms with Gasteiger partial charge in [-0.05, 0) is 44.9 Å². The average Bonchev–Trinajstić information content (AvgIpc) is 3.39. The van der Waals surface area contributed by atoms with Gasteiger partial charge >= 0.3 is 12.3 Å². The van der Waals surface area contributed by atoms with E-state index in [0.717, 1.165) is 44.0 Å². The van der Waals surface area contributed by atoms with Crippen molar-refractivity contribution in [2.45, 2.75) is 63.6 Å². The number of halogens is 3. The summed E-state index contributed by atoms with van der Waals surface area (Å²) in [5.74, 6) is 0.387. The van der Waals surface area contributed by atoms with E-state index in [1.54, 1.807) is 6.07 Å². The quantitative estimate of drug-likeness (QED) is 0.482. The predicted molar refractivity (Wildman–Crippen MR) is 109 cm³/mol. The van der Waals surface area contributed by atoms with Gasteiger partial charge in [0.1, 0.15) is 5.69 Å². The zero-order chi connectivity index (χ0) is 23.5. The van der Waals surface area contributed by atoms with Crippen LogP contribution in [0.2, 0.25) is 0 Å². The molecular weight excluding hydrogens is 429 g/mol. The fraction of sp³-hybridized carbons (Fsp3) is 0.600. The summed E-state index contributed by atoms with van der Waals surface area (Å²) in [5, 5.41) is 24.4. The summed E-state index contributed by atoms with van der Waals surface area (Å²) in [6.07, 6.45) is -0.446. The topological polar surface area (TPSA) is 125 Å². The van der Waals surface area contributed by atoms with Gasteiger partial charge in [-0.3, -0.25) is 14.6 Å². The molecule has 2 unspecified atom stereocenters. The highest BCUT2D eigenvalue weighted by Gasteiger charge is 2.37. The molecule has 2 aromatic rings. The first-order valence-corrected chi connectivity index (χ1v) is 10.5. The van der Waals surface area contributed by atoms with Gasteiger partial charge in [-0.25, -0.2) is 4.79 Å². The first kappa shape index (κ1) is 23.6. The van der Waals surface area contributed by atoms with Crippen LogP contribution in [-0.4, -0.2) is 43.1 Å². The minimum atomic E-state index is -4.60. The van der Waals surface area contributed by atoms with Crippen LogP contribution in [0.5, 0.6) is 0 Å². The standard InChI is InChI=1S/C20H27F3N6O3/c1-11(25-19(31)32)3-4-12-5-6-13(7-12)15-9-16(28-27-15)26-17(30)8-14-10-24-29(2)18(14)20(21,22)23/h9-13,25H,3-8H2,1-2H3,(H,31,32)(H2,26,27,28,30)/t11-,12?,13?/m0/s1. The summed E-state index contributed by atoms with van der Waals surface area (Å²) >= 11 is 0. The predicted octanol–water partition coefficient (Wildman–Crippen LogP) is 3.66. The van der Waals surface area contributed by atoms with Crippen molar-refractivity contribution in [3.63, 3.8) is 0 Å². The van der Waals surface area contributed by atoms with Crippen LogP contribution in [0.15, 0.2) is 12.3 Å². The highest BCUT2D eigenvalue weighted by molar-refractivity contribution is 5.91. The lowest BCUT2D eigenvalue weighted by atomic mass is 9.96. The Morgan fingerprint density at radius 1 is 1.38 bits per heavy atom. The number of carboxylic acid groups (broad SMARTS) is 1. The van der Waals surface area contributed by atoms with Gasteiger partial charge in [-0.2, -0.15) is 23.4 Å². The van der Waals surface area contributed by atoms with Crippen molar-refractivity contribution in [3.8, 4) is 0 Å². The number of carbonyl (C=O) groups is 2. The third kappa shape index (κ3) is 6.01. The third-order valence-corrected chi connectivity index (χ3v) is 5.86. The summed E-state index contributed by atoms with van der Waals surface area (Å²) in [4.78, 5) is 22.9. The Balaban J connectivity index is 1.51. The van der Waals surface area contributed by atoms with Crippen LogP contribution in [0, 0.1) is 5.92 Å². The van der Waals surface area contributed by atoms with Gasteiger partial charge in [0.15, 0.2) is 5.82 Å². The number of amides is 2. The van der Waals surface area contributed by atoms with E-state index < -0.39 is 30.3 Å². The van der Waals surface area contributed by atoms with Gasteiger partial charge < -0.3 is 15.7 Å². The molecule has 3 atom stereocenters. The van der Waals surface area contributed by atoms with Crippen LogP contribution < -0.4 is 10.6 Å². The molecule has 0 aromatic carbocycles. The first-order chi connectivity index (χ1) is 15.0. The zero-order valence-corrected chi connectivity index (χ0v) is 17.9. The second-order valence-corrected chi connectivity index (χ2v) is 8.38. The molecule has 0 spiro atoms. The molecule has 32 heavy (non-hydrogen) atoms. The molecule has 1 aliphatic carbocycles. The van der Waals surface area contributed by atoms with Crippen LogP contribution in [0.1, 0.15) is 61.9 Å². The maximum atomic E-state index is 13.1. The van der Waals surface area contributed by atoms with Crippen LogP contribution in [0.3, 0.4) is 0 Å². The van der Waals surface area contributed by atoms with Crippen molar-refractivity contribution in [1.29, 1.82) is 0 Å². The molecule has 0 aliphatic heterocycles. The number of aromatic amines is 1. The van der Waals surface area contributed by atoms with Crippen molar-refractivity contribution < 1.29 is 27.9 Å². The summed E-state index contributed by atoms with van der Waals surface area (Å²) in [6, 6.07) is 1.62. The molecule has 0 bridgehead atoms. The molecule has 0 saturated heterocycles. The van der Waals surface area contributed by atoms with E-state index in [4.69, 9.17) is 5.11 Å². The largest absolute Gasteiger partial charge is 0.465 e. The highest BCUT2D eigenvalue weighted by atomic mass is 19.4. The van der Waals surface area contributed by atoms with Gasteiger partial charge in [0, 0.05) is 36.3 Å². The minimum Gasteiger partial charge on any atom is -0.465 e. The molecule has 1 aliphatic rings. The molecule has 1 saturated carbocycles. The van der Waals surface area contributed by atoms with Gasteiger partial charge in [0.2, 0.25) is 5.91 Å². The van der Waals surface area contributed by atoms with Gasteiger partial charge in [-0.15, -0.1) is 0 Å². The Kier molecular flexibility index (Phi) is 7.09. The second kappa shape index (κ2) is 9.61. The molecule has 2 aromatic heterocycles. The van der Waals surface area contributed by atoms with Crippen molar-refractivity contribution >= 4 is 17.8 Å². The number of aromatic nitrogens is 4. The Morgan fingerprint density at radius 3 is 2.81 bits per heavy atom. The van der Waals surface area contributed by atoms with E-state index in [0.29, 0.717) is 10.6 Å². The fourth-order valence-electron chi connectivity index (χ4n) is 4.34. The fourth-order valence-corrected chi connectivity index (χ4v) is 4.34. The molecule has 1 fully saturated rings. The number of nitrogens with zero attached hydrogens (tertiary/aromatic N) is 3. The molecule has 3 rings (SSSR count). The van der Waals surface area contributed by atoms with Crippen LogP contribution >= 0.6 is 0 Å². The molecule has 176 valence electrons. The summed E-state index contributed by atoms with van der Waals surface area (Å²) in [7, 11) is 1.18. The lowest BCUT2D eigenvalue weighted by molar-refractivity contribution is -0.144. The van der Waals surface area contributed by atoms with E-state index in [1.807, 2.05) is 6.92 Å². The number of anilines is 1. The second-order valence-electron chi connectivity index (χ2n) is 8.38. The number of hydrogen-bond donors (Lipinski definition) is 4. The summed E-state index contributed by atoms with van der Waals surface area (Å²) in [5.41, 5.74) is -0.268. The Labute approximate surface area is 182 Å². The molecule has 9 nitrogen and oxygen atoms in total. The van der Waals surface area contributed by atoms with Gasteiger partial charge in [0.05, 0.1) is 12.6 Å². The third-order valence-electron chi connectivity index (χ3n) is 5.86. The molecule has 2 heterocycles. The summed E-state index contributed by atoms with van der Waals surface area (Å²) < 4.78 is 40.1. The number of alkyl halides is 3. The monoisotopic (exact) mass is 456 g/mol. The molecule has 2 amide bonds. The van der Waals surface area contributed by atoms with E-state index in [1.165, 1.54) is 7.05 Å². The van der Waals surface area contributed by atoms with E-state index in [9.17, 15) is 22.8 Å². The average molecular weight is 456 g/mol. The molecule has 4 N–H and O–H groups in total. The minimum absolute atomic E-state index is 0.0989. The van der Waals surface area contributed by atoms with Crippen molar-refractivity contribution in [1.82, 2.24) is 25.3 Å². The Morgan fingerprint density at radius 2 is 2.12 bits per heavy atom. The molecule has 0 radical (unpaired) electrons. The Hall–Kier alpha value is -3.05.